The summed E-state index contributed by atoms with van der Waals surface area (Å²) in [5.41, 5.74) is 1.14. The van der Waals surface area contributed by atoms with Crippen LogP contribution in [0.2, 0.25) is 0 Å². The Kier molecular flexibility index (Phi) is 4.65. The van der Waals surface area contributed by atoms with Gasteiger partial charge in [0.1, 0.15) is 13.2 Å². The highest BCUT2D eigenvalue weighted by Gasteiger charge is 2.38. The molecule has 0 fully saturated rings. The molecule has 0 saturated heterocycles. The van der Waals surface area contributed by atoms with Gasteiger partial charge >= 0.3 is 5.97 Å². The van der Waals surface area contributed by atoms with E-state index in [9.17, 15) is 14.4 Å². The van der Waals surface area contributed by atoms with Gasteiger partial charge in [-0.15, -0.1) is 0 Å². The molecule has 2 heterocycles. The fourth-order valence-electron chi connectivity index (χ4n) is 2.62. The number of imide groups is 1. The molecule has 2 amide bonds. The van der Waals surface area contributed by atoms with Gasteiger partial charge in [-0.3, -0.25) is 9.59 Å². The second kappa shape index (κ2) is 7.41. The van der Waals surface area contributed by atoms with Crippen LogP contribution in [-0.2, 0) is 21.0 Å². The van der Waals surface area contributed by atoms with E-state index in [-0.39, 0.29) is 23.6 Å². The zero-order valence-corrected chi connectivity index (χ0v) is 14.4. The molecule has 1 aromatic heterocycles. The third-order valence-electron chi connectivity index (χ3n) is 3.90. The molecule has 0 N–H and O–H groups in total. The Balaban J connectivity index is 1.30. The maximum Gasteiger partial charge on any atom is 0.358 e. The maximum atomic E-state index is 12.1. The molecule has 28 heavy (non-hydrogen) atoms. The highest BCUT2D eigenvalue weighted by molar-refractivity contribution is 6.20. The lowest BCUT2D eigenvalue weighted by atomic mass is 10.1. The molecule has 4 rings (SSSR count). The van der Waals surface area contributed by atoms with Gasteiger partial charge in [-0.05, 0) is 12.1 Å². The van der Waals surface area contributed by atoms with Gasteiger partial charge in [-0.2, -0.15) is 4.98 Å². The van der Waals surface area contributed by atoms with Gasteiger partial charge in [-0.25, -0.2) is 4.79 Å². The van der Waals surface area contributed by atoms with E-state index in [2.05, 4.69) is 10.1 Å². The van der Waals surface area contributed by atoms with Crippen LogP contribution in [0, 0.1) is 0 Å². The first-order chi connectivity index (χ1) is 13.6. The van der Waals surface area contributed by atoms with Gasteiger partial charge in [0.2, 0.25) is 5.82 Å². The van der Waals surface area contributed by atoms with Crippen LogP contribution in [-0.4, -0.2) is 39.6 Å². The van der Waals surface area contributed by atoms with Crippen LogP contribution in [0.5, 0.6) is 0 Å². The van der Waals surface area contributed by atoms with Gasteiger partial charge < -0.3 is 14.1 Å². The summed E-state index contributed by atoms with van der Waals surface area (Å²) in [4.78, 5) is 45.1. The number of carbonyl (C=O) groups is 3. The quantitative estimate of drug-likeness (QED) is 0.598. The summed E-state index contributed by atoms with van der Waals surface area (Å²) in [6.07, 6.45) is 0. The fourth-order valence-corrected chi connectivity index (χ4v) is 2.62. The van der Waals surface area contributed by atoms with Crippen molar-refractivity contribution < 1.29 is 28.5 Å². The highest BCUT2D eigenvalue weighted by Crippen LogP contribution is 2.22. The minimum atomic E-state index is -0.905. The van der Waals surface area contributed by atoms with E-state index in [0.29, 0.717) is 10.9 Å². The first-order valence-corrected chi connectivity index (χ1v) is 8.28. The Morgan fingerprint density at radius 2 is 1.61 bits per heavy atom. The molecular formula is C19H13N3O6. The summed E-state index contributed by atoms with van der Waals surface area (Å²) in [6, 6.07) is 15.4. The van der Waals surface area contributed by atoms with Crippen molar-refractivity contribution in [3.05, 3.63) is 71.6 Å². The van der Waals surface area contributed by atoms with E-state index < -0.39 is 24.4 Å². The van der Waals surface area contributed by atoms with Crippen LogP contribution in [0.1, 0.15) is 26.6 Å². The second-order valence-corrected chi connectivity index (χ2v) is 5.78. The number of nitrogens with zero attached hydrogens (tertiary/aromatic N) is 3. The topological polar surface area (TPSA) is 112 Å². The summed E-state index contributed by atoms with van der Waals surface area (Å²) in [5, 5.41) is 4.26. The number of carbonyl (C=O) groups excluding carboxylic acids is 3. The molecule has 1 aliphatic heterocycles. The van der Waals surface area contributed by atoms with E-state index in [1.807, 2.05) is 30.3 Å². The predicted molar refractivity (Wildman–Crippen MR) is 92.4 cm³/mol. The summed E-state index contributed by atoms with van der Waals surface area (Å²) in [5.74, 6) is -1.73. The normalized spacial score (nSPS) is 12.9. The van der Waals surface area contributed by atoms with E-state index in [0.717, 1.165) is 5.56 Å². The molecule has 3 aromatic rings. The third-order valence-corrected chi connectivity index (χ3v) is 3.90. The Bertz CT molecular complexity index is 1010. The molecule has 2 aromatic carbocycles. The Morgan fingerprint density at radius 3 is 2.29 bits per heavy atom. The van der Waals surface area contributed by atoms with E-state index >= 15 is 0 Å². The lowest BCUT2D eigenvalue weighted by Crippen LogP contribution is -2.34. The number of hydroxylamine groups is 2. The number of aromatic nitrogens is 2. The zero-order chi connectivity index (χ0) is 19.5. The summed E-state index contributed by atoms with van der Waals surface area (Å²) in [7, 11) is 0. The molecule has 9 nitrogen and oxygen atoms in total. The van der Waals surface area contributed by atoms with E-state index in [1.54, 1.807) is 12.1 Å². The monoisotopic (exact) mass is 379 g/mol. The first-order valence-electron chi connectivity index (χ1n) is 8.28. The Morgan fingerprint density at radius 1 is 0.964 bits per heavy atom. The minimum Gasteiger partial charge on any atom is -0.360 e. The molecule has 0 atom stereocenters. The third kappa shape index (κ3) is 3.38. The van der Waals surface area contributed by atoms with Crippen molar-refractivity contribution in [2.24, 2.45) is 0 Å². The molecule has 0 radical (unpaired) electrons. The number of hydrogen-bond donors (Lipinski definition) is 0. The van der Waals surface area contributed by atoms with Gasteiger partial charge in [0.15, 0.2) is 0 Å². The molecule has 0 spiro atoms. The van der Waals surface area contributed by atoms with Crippen molar-refractivity contribution in [3.8, 4) is 11.4 Å². The summed E-state index contributed by atoms with van der Waals surface area (Å²) >= 11 is 0. The van der Waals surface area contributed by atoms with E-state index in [1.165, 1.54) is 12.1 Å². The fraction of sp³-hybridized carbons (Fsp3) is 0.105. The van der Waals surface area contributed by atoms with Crippen LogP contribution in [0.15, 0.2) is 59.1 Å². The molecule has 9 heteroatoms. The van der Waals surface area contributed by atoms with Crippen LogP contribution in [0.25, 0.3) is 11.4 Å². The molecule has 0 saturated carbocycles. The molecule has 0 aliphatic carbocycles. The number of fused-ring (bicyclic) bond motifs is 1. The van der Waals surface area contributed by atoms with Crippen molar-refractivity contribution in [3.63, 3.8) is 0 Å². The van der Waals surface area contributed by atoms with Crippen molar-refractivity contribution >= 4 is 17.8 Å². The van der Waals surface area contributed by atoms with Crippen molar-refractivity contribution in [2.45, 2.75) is 6.61 Å². The average molecular weight is 379 g/mol. The predicted octanol–water partition coefficient (Wildman–Crippen LogP) is 2.01. The molecule has 0 bridgehead atoms. The Labute approximate surface area is 158 Å². The van der Waals surface area contributed by atoms with Gasteiger partial charge in [0.05, 0.1) is 11.1 Å². The van der Waals surface area contributed by atoms with Crippen molar-refractivity contribution in [1.29, 1.82) is 0 Å². The summed E-state index contributed by atoms with van der Waals surface area (Å²) < 4.78 is 10.2. The molecule has 0 unspecified atom stereocenters. The number of benzene rings is 2. The number of ether oxygens (including phenoxy) is 1. The maximum absolute atomic E-state index is 12.1. The summed E-state index contributed by atoms with van der Waals surface area (Å²) in [6.45, 7) is -0.631. The second-order valence-electron chi connectivity index (χ2n) is 5.78. The standard InChI is InChI=1S/C19H13N3O6/c23-16(28-22-18(24)13-8-4-5-9-14(13)19(22)25)11-26-10-15-20-17(21-27-15)12-6-2-1-3-7-12/h1-9H,10-11H2. The zero-order valence-electron chi connectivity index (χ0n) is 14.4. The van der Waals surface area contributed by atoms with Gasteiger partial charge in [-0.1, -0.05) is 52.7 Å². The highest BCUT2D eigenvalue weighted by atomic mass is 16.7. The molecule has 140 valence electrons. The SMILES string of the molecule is O=C(COCc1nc(-c2ccccc2)no1)ON1C(=O)c2ccccc2C1=O. The van der Waals surface area contributed by atoms with Gasteiger partial charge in [0, 0.05) is 5.56 Å². The van der Waals surface area contributed by atoms with Crippen LogP contribution >= 0.6 is 0 Å². The number of rotatable bonds is 6. The lowest BCUT2D eigenvalue weighted by molar-refractivity contribution is -0.174. The largest absolute Gasteiger partial charge is 0.360 e. The van der Waals surface area contributed by atoms with Crippen molar-refractivity contribution in [2.75, 3.05) is 6.61 Å². The number of hydrogen-bond acceptors (Lipinski definition) is 8. The molecular weight excluding hydrogens is 366 g/mol. The van der Waals surface area contributed by atoms with Crippen LogP contribution in [0.4, 0.5) is 0 Å². The van der Waals surface area contributed by atoms with Crippen molar-refractivity contribution in [1.82, 2.24) is 15.2 Å². The van der Waals surface area contributed by atoms with E-state index in [4.69, 9.17) is 14.1 Å². The minimum absolute atomic E-state index is 0.128. The lowest BCUT2D eigenvalue weighted by Gasteiger charge is -2.12. The van der Waals surface area contributed by atoms with Crippen LogP contribution in [0.3, 0.4) is 0 Å². The molecule has 1 aliphatic rings. The smallest absolute Gasteiger partial charge is 0.358 e. The first kappa shape index (κ1) is 17.6. The number of amides is 2. The average Bonchev–Trinajstić information content (AvgIpc) is 3.28. The Hall–Kier alpha value is -3.85. The van der Waals surface area contributed by atoms with Gasteiger partial charge in [0.25, 0.3) is 17.7 Å². The van der Waals surface area contributed by atoms with Crippen LogP contribution < -0.4 is 0 Å².